The Balaban J connectivity index is 4.28. The first-order valence-corrected chi connectivity index (χ1v) is 3.50. The Hall–Kier alpha value is -1.46. The molecule has 0 atom stereocenters. The highest BCUT2D eigenvalue weighted by Crippen LogP contribution is 1.87. The number of carbonyl (C=O) groups is 2. The van der Waals surface area contributed by atoms with Crippen LogP contribution in [0.25, 0.3) is 0 Å². The minimum Gasteiger partial charge on any atom is -0.445 e. The molecule has 0 saturated carbocycles. The van der Waals surface area contributed by atoms with Crippen molar-refractivity contribution in [3.8, 4) is 0 Å². The molecule has 0 aliphatic carbocycles. The van der Waals surface area contributed by atoms with E-state index in [2.05, 4.69) is 9.85 Å². The molecule has 12 heavy (non-hydrogen) atoms. The van der Waals surface area contributed by atoms with Gasteiger partial charge in [0.2, 0.25) is 0 Å². The Morgan fingerprint density at radius 1 is 1.50 bits per heavy atom. The molecule has 0 aromatic carbocycles. The van der Waals surface area contributed by atoms with E-state index < -0.39 is 12.2 Å². The number of hydrogen-bond donors (Lipinski definition) is 1. The maximum Gasteiger partial charge on any atom is 0.620 e. The van der Waals surface area contributed by atoms with Crippen LogP contribution in [-0.2, 0) is 4.74 Å². The Morgan fingerprint density at radius 3 is 2.42 bits per heavy atom. The van der Waals surface area contributed by atoms with E-state index in [9.17, 15) is 9.59 Å². The zero-order valence-electron chi connectivity index (χ0n) is 6.98. The molecule has 0 rings (SSSR count). The number of rotatable bonds is 2. The zero-order valence-corrected chi connectivity index (χ0v) is 6.98. The summed E-state index contributed by atoms with van der Waals surface area (Å²) in [6.45, 7) is 3.48. The van der Waals surface area contributed by atoms with Crippen LogP contribution in [0.3, 0.4) is 0 Å². The molecule has 0 spiro atoms. The fraction of sp³-hybridized carbons (Fsp3) is 0.667. The molecule has 0 aromatic rings. The third-order valence-corrected chi connectivity index (χ3v) is 0.991. The molecule has 0 aliphatic heterocycles. The summed E-state index contributed by atoms with van der Waals surface area (Å²) in [7, 11) is 0. The number of carboxylic acid groups (broad SMARTS) is 1. The summed E-state index contributed by atoms with van der Waals surface area (Å²) in [5.74, 6) is 0. The van der Waals surface area contributed by atoms with Gasteiger partial charge in [-0.25, -0.2) is 4.79 Å². The Kier molecular flexibility index (Phi) is 4.59. The zero-order chi connectivity index (χ0) is 9.56. The maximum atomic E-state index is 10.6. The summed E-state index contributed by atoms with van der Waals surface area (Å²) >= 11 is 0. The third-order valence-electron chi connectivity index (χ3n) is 0.991. The first kappa shape index (κ1) is 10.5. The van der Waals surface area contributed by atoms with Crippen molar-refractivity contribution in [3.05, 3.63) is 0 Å². The molecule has 0 aliphatic rings. The van der Waals surface area contributed by atoms with Crippen LogP contribution in [-0.4, -0.2) is 35.1 Å². The molecule has 1 N–H and O–H groups in total. The van der Waals surface area contributed by atoms with Crippen molar-refractivity contribution in [3.63, 3.8) is 0 Å². The normalized spacial score (nSPS) is 11.0. The molecule has 2 amide bonds. The fourth-order valence-electron chi connectivity index (χ4n) is 0.500. The van der Waals surface area contributed by atoms with E-state index in [1.807, 2.05) is 0 Å². The van der Waals surface area contributed by atoms with Crippen molar-refractivity contribution in [1.29, 1.82) is 0 Å². The lowest BCUT2D eigenvalue weighted by Gasteiger charge is -1.91. The molecule has 0 aromatic heterocycles. The van der Waals surface area contributed by atoms with Gasteiger partial charge in [-0.15, -0.1) is 0 Å². The second-order valence-electron chi connectivity index (χ2n) is 1.80. The van der Waals surface area contributed by atoms with Crippen LogP contribution in [0.15, 0.2) is 5.11 Å². The summed E-state index contributed by atoms with van der Waals surface area (Å²) in [6.07, 6.45) is -2.16. The van der Waals surface area contributed by atoms with Gasteiger partial charge in [0.15, 0.2) is 6.54 Å². The fourth-order valence-corrected chi connectivity index (χ4v) is 0.500. The summed E-state index contributed by atoms with van der Waals surface area (Å²) in [5.41, 5.74) is 0. The minimum atomic E-state index is -1.27. The Bertz CT molecular complexity index is 212. The molecule has 0 unspecified atom stereocenters. The van der Waals surface area contributed by atoms with E-state index in [0.717, 1.165) is 0 Å². The molecule has 6 heteroatoms. The maximum absolute atomic E-state index is 10.6. The van der Waals surface area contributed by atoms with Gasteiger partial charge in [0.25, 0.3) is 0 Å². The number of ether oxygens (including phenoxy) is 1. The number of carbonyl (C=O) groups excluding carboxylic acids is 1. The summed E-state index contributed by atoms with van der Waals surface area (Å²) in [6, 6.07) is 0. The number of amides is 2. The first-order valence-electron chi connectivity index (χ1n) is 3.50. The molecule has 68 valence electrons. The average Bonchev–Trinajstić information content (AvgIpc) is 2.00. The number of nitrogens with zero attached hydrogens (tertiary/aromatic N) is 2. The molecule has 0 fully saturated rings. The van der Waals surface area contributed by atoms with E-state index in [4.69, 9.17) is 5.11 Å². The quantitative estimate of drug-likeness (QED) is 0.506. The number of azo groups is 2. The Morgan fingerprint density at radius 2 is 2.08 bits per heavy atom. The lowest BCUT2D eigenvalue weighted by Crippen LogP contribution is -2.18. The van der Waals surface area contributed by atoms with E-state index in [-0.39, 0.29) is 13.2 Å². The molecule has 0 saturated heterocycles. The van der Waals surface area contributed by atoms with Crippen molar-refractivity contribution in [2.24, 2.45) is 5.11 Å². The van der Waals surface area contributed by atoms with E-state index in [1.165, 1.54) is 0 Å². The molecule has 6 nitrogen and oxygen atoms in total. The monoisotopic (exact) mass is 175 g/mol. The van der Waals surface area contributed by atoms with Crippen LogP contribution < -0.4 is 0 Å². The summed E-state index contributed by atoms with van der Waals surface area (Å²) < 4.78 is 5.02. The smallest absolute Gasteiger partial charge is 0.445 e. The molecule has 0 radical (unpaired) electrons. The highest BCUT2D eigenvalue weighted by Gasteiger charge is 2.18. The van der Waals surface area contributed by atoms with Crippen LogP contribution in [0.2, 0.25) is 0 Å². The second-order valence-corrected chi connectivity index (χ2v) is 1.80. The summed E-state index contributed by atoms with van der Waals surface area (Å²) in [4.78, 5) is 20.9. The summed E-state index contributed by atoms with van der Waals surface area (Å²) in [5, 5.41) is 11.6. The Labute approximate surface area is 69.5 Å². The largest absolute Gasteiger partial charge is 0.620 e. The number of hydrogen-bond acceptors (Lipinski definition) is 3. The van der Waals surface area contributed by atoms with Crippen LogP contribution in [0, 0.1) is 0 Å². The van der Waals surface area contributed by atoms with Crippen molar-refractivity contribution in [2.45, 2.75) is 13.8 Å². The van der Waals surface area contributed by atoms with Gasteiger partial charge in [0, 0.05) is 0 Å². The van der Waals surface area contributed by atoms with Gasteiger partial charge in [-0.1, -0.05) is 0 Å². The van der Waals surface area contributed by atoms with Gasteiger partial charge >= 0.3 is 12.2 Å². The third kappa shape index (κ3) is 3.65. The van der Waals surface area contributed by atoms with Crippen LogP contribution in [0.4, 0.5) is 9.59 Å². The van der Waals surface area contributed by atoms with E-state index in [1.54, 1.807) is 13.8 Å². The topological polar surface area (TPSA) is 79.0 Å². The minimum absolute atomic E-state index is 0.119. The van der Waals surface area contributed by atoms with Crippen molar-refractivity contribution in [2.75, 3.05) is 13.2 Å². The van der Waals surface area contributed by atoms with Gasteiger partial charge in [-0.05, 0) is 18.5 Å². The first-order chi connectivity index (χ1) is 5.61. The lowest BCUT2D eigenvalue weighted by molar-refractivity contribution is -0.504. The highest BCUT2D eigenvalue weighted by atomic mass is 16.5. The predicted molar refractivity (Wildman–Crippen MR) is 38.3 cm³/mol. The molecule has 0 heterocycles. The predicted octanol–water partition coefficient (Wildman–Crippen LogP) is 1.31. The standard InChI is InChI=1S/C6H10N2O4/c1-3-8(6(10)11)7-5(9)12-4-2/h3-4H2,1-2H3/p+1. The average molecular weight is 175 g/mol. The van der Waals surface area contributed by atoms with Gasteiger partial charge < -0.3 is 9.84 Å². The van der Waals surface area contributed by atoms with E-state index >= 15 is 0 Å². The van der Waals surface area contributed by atoms with Gasteiger partial charge in [-0.2, -0.15) is 4.79 Å². The van der Waals surface area contributed by atoms with Gasteiger partial charge in [0.05, 0.1) is 11.7 Å². The van der Waals surface area contributed by atoms with E-state index in [0.29, 0.717) is 4.70 Å². The SMILES string of the molecule is CCOC(=O)N=[N+](CC)C(=O)O. The lowest BCUT2D eigenvalue weighted by atomic mass is 10.7. The molecule has 0 bridgehead atoms. The molecular weight excluding hydrogens is 164 g/mol. The second kappa shape index (κ2) is 5.22. The van der Waals surface area contributed by atoms with Crippen LogP contribution in [0.5, 0.6) is 0 Å². The molecular formula is C6H11N2O4+. The van der Waals surface area contributed by atoms with Crippen LogP contribution >= 0.6 is 0 Å². The van der Waals surface area contributed by atoms with Gasteiger partial charge in [-0.3, -0.25) is 0 Å². The van der Waals surface area contributed by atoms with Crippen molar-refractivity contribution < 1.29 is 24.1 Å². The van der Waals surface area contributed by atoms with Crippen LogP contribution in [0.1, 0.15) is 13.8 Å². The van der Waals surface area contributed by atoms with Crippen molar-refractivity contribution >= 4 is 12.2 Å². The van der Waals surface area contributed by atoms with Crippen molar-refractivity contribution in [1.82, 2.24) is 0 Å². The van der Waals surface area contributed by atoms with Gasteiger partial charge in [0.1, 0.15) is 0 Å². The highest BCUT2D eigenvalue weighted by molar-refractivity contribution is 5.67.